The summed E-state index contributed by atoms with van der Waals surface area (Å²) in [6.45, 7) is 3.09. The first-order valence-electron chi connectivity index (χ1n) is 7.26. The van der Waals surface area contributed by atoms with Crippen molar-refractivity contribution >= 4 is 34.9 Å². The van der Waals surface area contributed by atoms with Crippen molar-refractivity contribution < 1.29 is 19.2 Å². The lowest BCUT2D eigenvalue weighted by Crippen LogP contribution is -2.21. The molecular formula is C17H15ClN2O5. The van der Waals surface area contributed by atoms with Crippen LogP contribution in [0.2, 0.25) is 5.02 Å². The van der Waals surface area contributed by atoms with Crippen LogP contribution < -0.4 is 5.32 Å². The van der Waals surface area contributed by atoms with Gasteiger partial charge in [0.1, 0.15) is 5.69 Å². The van der Waals surface area contributed by atoms with E-state index in [0.717, 1.165) is 11.1 Å². The van der Waals surface area contributed by atoms with Crippen molar-refractivity contribution in [3.8, 4) is 0 Å². The molecule has 0 saturated carbocycles. The fourth-order valence-electron chi connectivity index (χ4n) is 2.21. The molecule has 0 aliphatic rings. The van der Waals surface area contributed by atoms with E-state index < -0.39 is 23.4 Å². The summed E-state index contributed by atoms with van der Waals surface area (Å²) in [4.78, 5) is 34.3. The number of hydrogen-bond acceptors (Lipinski definition) is 5. The molecule has 2 rings (SSSR count). The number of amides is 1. The van der Waals surface area contributed by atoms with E-state index in [2.05, 4.69) is 5.32 Å². The topological polar surface area (TPSA) is 98.5 Å². The van der Waals surface area contributed by atoms with Gasteiger partial charge in [-0.15, -0.1) is 0 Å². The van der Waals surface area contributed by atoms with Crippen LogP contribution in [0.4, 0.5) is 11.4 Å². The van der Waals surface area contributed by atoms with Crippen LogP contribution in [-0.2, 0) is 9.53 Å². The Bertz CT molecular complexity index is 851. The first kappa shape index (κ1) is 18.4. The number of carbonyl (C=O) groups excluding carboxylic acids is 2. The van der Waals surface area contributed by atoms with E-state index >= 15 is 0 Å². The summed E-state index contributed by atoms with van der Waals surface area (Å²) in [5.74, 6) is -1.35. The summed E-state index contributed by atoms with van der Waals surface area (Å²) in [6, 6.07) is 8.98. The summed E-state index contributed by atoms with van der Waals surface area (Å²) in [6.07, 6.45) is 0. The standard InChI is InChI=1S/C17H15ClN2O5/c1-10-3-5-13(11(2)7-10)17(22)25-9-16(21)19-14-8-12(18)4-6-15(14)20(23)24/h3-8H,9H2,1-2H3,(H,19,21). The third-order valence-electron chi connectivity index (χ3n) is 3.37. The van der Waals surface area contributed by atoms with Crippen LogP contribution in [-0.4, -0.2) is 23.4 Å². The van der Waals surface area contributed by atoms with E-state index in [4.69, 9.17) is 16.3 Å². The summed E-state index contributed by atoms with van der Waals surface area (Å²) < 4.78 is 4.96. The van der Waals surface area contributed by atoms with Crippen molar-refractivity contribution in [3.05, 3.63) is 68.2 Å². The number of esters is 1. The second-order valence-electron chi connectivity index (χ2n) is 5.36. The number of benzene rings is 2. The van der Waals surface area contributed by atoms with Gasteiger partial charge in [-0.3, -0.25) is 14.9 Å². The van der Waals surface area contributed by atoms with Gasteiger partial charge < -0.3 is 10.1 Å². The smallest absolute Gasteiger partial charge is 0.338 e. The molecule has 0 aliphatic carbocycles. The van der Waals surface area contributed by atoms with Gasteiger partial charge in [-0.25, -0.2) is 4.79 Å². The zero-order chi connectivity index (χ0) is 18.6. The van der Waals surface area contributed by atoms with Crippen molar-refractivity contribution in [1.29, 1.82) is 0 Å². The van der Waals surface area contributed by atoms with Gasteiger partial charge in [0.25, 0.3) is 11.6 Å². The van der Waals surface area contributed by atoms with Gasteiger partial charge in [0.15, 0.2) is 6.61 Å². The van der Waals surface area contributed by atoms with Crippen LogP contribution in [0.25, 0.3) is 0 Å². The van der Waals surface area contributed by atoms with Crippen molar-refractivity contribution in [3.63, 3.8) is 0 Å². The highest BCUT2D eigenvalue weighted by Gasteiger charge is 2.18. The molecule has 0 fully saturated rings. The lowest BCUT2D eigenvalue weighted by Gasteiger charge is -2.09. The zero-order valence-electron chi connectivity index (χ0n) is 13.5. The molecule has 2 aromatic carbocycles. The van der Waals surface area contributed by atoms with Gasteiger partial charge in [0.2, 0.25) is 0 Å². The monoisotopic (exact) mass is 362 g/mol. The second kappa shape index (κ2) is 7.76. The van der Waals surface area contributed by atoms with E-state index in [0.29, 0.717) is 5.56 Å². The van der Waals surface area contributed by atoms with Gasteiger partial charge in [0, 0.05) is 11.1 Å². The highest BCUT2D eigenvalue weighted by Crippen LogP contribution is 2.27. The maximum atomic E-state index is 12.0. The van der Waals surface area contributed by atoms with Crippen molar-refractivity contribution in [1.82, 2.24) is 0 Å². The molecule has 130 valence electrons. The predicted octanol–water partition coefficient (Wildman–Crippen LogP) is 3.66. The lowest BCUT2D eigenvalue weighted by atomic mass is 10.1. The Morgan fingerprint density at radius 3 is 2.56 bits per heavy atom. The molecule has 1 N–H and O–H groups in total. The van der Waals surface area contributed by atoms with Crippen LogP contribution in [0.15, 0.2) is 36.4 Å². The average molecular weight is 363 g/mol. The van der Waals surface area contributed by atoms with Crippen LogP contribution in [0.1, 0.15) is 21.5 Å². The molecule has 8 heteroatoms. The SMILES string of the molecule is Cc1ccc(C(=O)OCC(=O)Nc2cc(Cl)ccc2[N+](=O)[O-])c(C)c1. The number of nitrogens with one attached hydrogen (secondary N) is 1. The number of aryl methyl sites for hydroxylation is 2. The normalized spacial score (nSPS) is 10.2. The van der Waals surface area contributed by atoms with E-state index in [1.165, 1.54) is 18.2 Å². The quantitative estimate of drug-likeness (QED) is 0.497. The number of carbonyl (C=O) groups is 2. The summed E-state index contributed by atoms with van der Waals surface area (Å²) in [7, 11) is 0. The van der Waals surface area contributed by atoms with Gasteiger partial charge >= 0.3 is 5.97 Å². The second-order valence-corrected chi connectivity index (χ2v) is 5.80. The van der Waals surface area contributed by atoms with Crippen molar-refractivity contribution in [2.45, 2.75) is 13.8 Å². The molecule has 0 bridgehead atoms. The molecule has 7 nitrogen and oxygen atoms in total. The predicted molar refractivity (Wildman–Crippen MR) is 92.9 cm³/mol. The number of halogens is 1. The van der Waals surface area contributed by atoms with E-state index in [1.54, 1.807) is 19.1 Å². The molecule has 0 saturated heterocycles. The van der Waals surface area contributed by atoms with Crippen LogP contribution in [0.3, 0.4) is 0 Å². The number of hydrogen-bond donors (Lipinski definition) is 1. The Morgan fingerprint density at radius 2 is 1.92 bits per heavy atom. The summed E-state index contributed by atoms with van der Waals surface area (Å²) in [5, 5.41) is 13.5. The lowest BCUT2D eigenvalue weighted by molar-refractivity contribution is -0.383. The molecule has 0 unspecified atom stereocenters. The Morgan fingerprint density at radius 1 is 1.20 bits per heavy atom. The minimum atomic E-state index is -0.705. The number of nitro benzene ring substituents is 1. The Labute approximate surface area is 148 Å². The zero-order valence-corrected chi connectivity index (χ0v) is 14.3. The molecule has 0 spiro atoms. The molecule has 1 amide bonds. The number of anilines is 1. The van der Waals surface area contributed by atoms with Crippen LogP contribution in [0, 0.1) is 24.0 Å². The Balaban J connectivity index is 2.03. The number of rotatable bonds is 5. The maximum Gasteiger partial charge on any atom is 0.338 e. The first-order valence-corrected chi connectivity index (χ1v) is 7.64. The molecule has 0 aliphatic heterocycles. The highest BCUT2D eigenvalue weighted by atomic mass is 35.5. The number of nitro groups is 1. The fourth-order valence-corrected chi connectivity index (χ4v) is 2.38. The summed E-state index contributed by atoms with van der Waals surface area (Å²) in [5.41, 5.74) is 1.71. The molecule has 25 heavy (non-hydrogen) atoms. The molecule has 0 radical (unpaired) electrons. The van der Waals surface area contributed by atoms with Crippen LogP contribution >= 0.6 is 11.6 Å². The molecule has 0 aromatic heterocycles. The minimum absolute atomic E-state index is 0.0648. The van der Waals surface area contributed by atoms with Gasteiger partial charge in [-0.2, -0.15) is 0 Å². The maximum absolute atomic E-state index is 12.0. The fraction of sp³-hybridized carbons (Fsp3) is 0.176. The molecule has 2 aromatic rings. The van der Waals surface area contributed by atoms with E-state index in [-0.39, 0.29) is 16.4 Å². The number of nitrogens with zero attached hydrogens (tertiary/aromatic N) is 1. The van der Waals surface area contributed by atoms with Crippen molar-refractivity contribution in [2.75, 3.05) is 11.9 Å². The van der Waals surface area contributed by atoms with Crippen molar-refractivity contribution in [2.24, 2.45) is 0 Å². The average Bonchev–Trinajstić information content (AvgIpc) is 2.52. The minimum Gasteiger partial charge on any atom is -0.452 e. The van der Waals surface area contributed by atoms with Gasteiger partial charge in [0.05, 0.1) is 10.5 Å². The molecular weight excluding hydrogens is 348 g/mol. The molecule has 0 heterocycles. The van der Waals surface area contributed by atoms with Gasteiger partial charge in [-0.1, -0.05) is 29.3 Å². The van der Waals surface area contributed by atoms with Gasteiger partial charge in [-0.05, 0) is 37.6 Å². The largest absolute Gasteiger partial charge is 0.452 e. The summed E-state index contributed by atoms with van der Waals surface area (Å²) >= 11 is 5.78. The van der Waals surface area contributed by atoms with E-state index in [1.807, 2.05) is 13.0 Å². The first-order chi connectivity index (χ1) is 11.8. The highest BCUT2D eigenvalue weighted by molar-refractivity contribution is 6.31. The third kappa shape index (κ3) is 4.77. The Hall–Kier alpha value is -2.93. The Kier molecular flexibility index (Phi) is 5.71. The number of ether oxygens (including phenoxy) is 1. The third-order valence-corrected chi connectivity index (χ3v) is 3.60. The molecule has 0 atom stereocenters. The van der Waals surface area contributed by atoms with E-state index in [9.17, 15) is 19.7 Å². The van der Waals surface area contributed by atoms with Crippen LogP contribution in [0.5, 0.6) is 0 Å².